The quantitative estimate of drug-likeness (QED) is 0.799. The van der Waals surface area contributed by atoms with E-state index in [1.165, 1.54) is 0 Å². The summed E-state index contributed by atoms with van der Waals surface area (Å²) in [5.74, 6) is 1.33. The summed E-state index contributed by atoms with van der Waals surface area (Å²) in [6.45, 7) is 7.31. The highest BCUT2D eigenvalue weighted by Crippen LogP contribution is 2.34. The van der Waals surface area contributed by atoms with Crippen molar-refractivity contribution in [1.29, 1.82) is 0 Å². The van der Waals surface area contributed by atoms with Gasteiger partial charge in [0.05, 0.1) is 18.8 Å². The first kappa shape index (κ1) is 16.5. The van der Waals surface area contributed by atoms with Gasteiger partial charge in [0.1, 0.15) is 10.8 Å². The van der Waals surface area contributed by atoms with Crippen LogP contribution < -0.4 is 10.1 Å². The molecule has 1 aromatic heterocycles. The number of thiazole rings is 1. The molecule has 2 aromatic rings. The largest absolute Gasteiger partial charge is 0.496 e. The lowest BCUT2D eigenvalue weighted by atomic mass is 10.1. The van der Waals surface area contributed by atoms with Crippen LogP contribution in [0.25, 0.3) is 0 Å². The Labute approximate surface area is 138 Å². The highest BCUT2D eigenvalue weighted by molar-refractivity contribution is 9.10. The summed E-state index contributed by atoms with van der Waals surface area (Å²) >= 11 is 5.25. The maximum absolute atomic E-state index is 5.52. The van der Waals surface area contributed by atoms with Crippen LogP contribution in [0.2, 0.25) is 0 Å². The summed E-state index contributed by atoms with van der Waals surface area (Å²) in [6, 6.07) is 6.13. The minimum absolute atomic E-state index is 0.0555. The van der Waals surface area contributed by atoms with Crippen molar-refractivity contribution in [2.45, 2.75) is 32.7 Å². The fraction of sp³-hybridized carbons (Fsp3) is 0.438. The summed E-state index contributed by atoms with van der Waals surface area (Å²) < 4.78 is 6.56. The summed E-state index contributed by atoms with van der Waals surface area (Å²) in [7, 11) is 1.71. The summed E-state index contributed by atoms with van der Waals surface area (Å²) in [6.07, 6.45) is 0. The average molecular weight is 369 g/mol. The highest BCUT2D eigenvalue weighted by atomic mass is 79.9. The Hall–Kier alpha value is -0.910. The minimum Gasteiger partial charge on any atom is -0.496 e. The molecule has 1 heterocycles. The van der Waals surface area contributed by atoms with Gasteiger partial charge in [-0.2, -0.15) is 0 Å². The lowest BCUT2D eigenvalue weighted by Crippen LogP contribution is -2.22. The number of halogens is 1. The maximum atomic E-state index is 5.52. The number of rotatable bonds is 6. The number of nitrogens with zero attached hydrogens (tertiary/aromatic N) is 1. The normalized spacial score (nSPS) is 12.7. The third kappa shape index (κ3) is 3.84. The van der Waals surface area contributed by atoms with Crippen LogP contribution >= 0.6 is 27.3 Å². The SMILES string of the molecule is CCNC(c1nc(C(C)C)cs1)c1cc(Br)ccc1OC. The van der Waals surface area contributed by atoms with Gasteiger partial charge < -0.3 is 10.1 Å². The molecule has 21 heavy (non-hydrogen) atoms. The van der Waals surface area contributed by atoms with E-state index in [0.29, 0.717) is 5.92 Å². The van der Waals surface area contributed by atoms with Gasteiger partial charge >= 0.3 is 0 Å². The first-order valence-corrected chi connectivity index (χ1v) is 8.76. The van der Waals surface area contributed by atoms with E-state index in [9.17, 15) is 0 Å². The molecule has 5 heteroatoms. The minimum atomic E-state index is 0.0555. The first-order chi connectivity index (χ1) is 10.1. The fourth-order valence-corrected chi connectivity index (χ4v) is 3.61. The number of aromatic nitrogens is 1. The fourth-order valence-electron chi connectivity index (χ4n) is 2.16. The van der Waals surface area contributed by atoms with Gasteiger partial charge in [-0.25, -0.2) is 4.98 Å². The monoisotopic (exact) mass is 368 g/mol. The summed E-state index contributed by atoms with van der Waals surface area (Å²) in [4.78, 5) is 4.80. The van der Waals surface area contributed by atoms with E-state index in [2.05, 4.69) is 53.5 Å². The van der Waals surface area contributed by atoms with Crippen LogP contribution in [0.5, 0.6) is 5.75 Å². The zero-order valence-corrected chi connectivity index (χ0v) is 15.2. The predicted molar refractivity (Wildman–Crippen MR) is 92.4 cm³/mol. The number of ether oxygens (including phenoxy) is 1. The van der Waals surface area contributed by atoms with Gasteiger partial charge in [0.25, 0.3) is 0 Å². The Morgan fingerprint density at radius 3 is 2.71 bits per heavy atom. The standard InChI is InChI=1S/C16H21BrN2OS/c1-5-18-15(16-19-13(9-21-16)10(2)3)12-8-11(17)6-7-14(12)20-4/h6-10,15,18H,5H2,1-4H3. The van der Waals surface area contributed by atoms with Crippen molar-refractivity contribution in [3.8, 4) is 5.75 Å². The van der Waals surface area contributed by atoms with Gasteiger partial charge in [0.15, 0.2) is 0 Å². The summed E-state index contributed by atoms with van der Waals surface area (Å²) in [5, 5.41) is 6.74. The van der Waals surface area contributed by atoms with Crippen molar-refractivity contribution in [1.82, 2.24) is 10.3 Å². The molecule has 0 fully saturated rings. The first-order valence-electron chi connectivity index (χ1n) is 7.09. The molecule has 0 aliphatic carbocycles. The van der Waals surface area contributed by atoms with Gasteiger partial charge in [-0.3, -0.25) is 0 Å². The zero-order chi connectivity index (χ0) is 15.4. The number of nitrogens with one attached hydrogen (secondary N) is 1. The van der Waals surface area contributed by atoms with E-state index in [0.717, 1.165) is 33.0 Å². The Morgan fingerprint density at radius 2 is 2.14 bits per heavy atom. The second kappa shape index (κ2) is 7.38. The number of benzene rings is 1. The van der Waals surface area contributed by atoms with Crippen LogP contribution in [0.4, 0.5) is 0 Å². The lowest BCUT2D eigenvalue weighted by Gasteiger charge is -2.19. The summed E-state index contributed by atoms with van der Waals surface area (Å²) in [5.41, 5.74) is 2.25. The Bertz CT molecular complexity index is 598. The van der Waals surface area contributed by atoms with Gasteiger partial charge in [-0.15, -0.1) is 11.3 Å². The molecule has 3 nitrogen and oxygen atoms in total. The second-order valence-electron chi connectivity index (χ2n) is 5.14. The molecule has 0 aliphatic heterocycles. The van der Waals surface area contributed by atoms with Crippen molar-refractivity contribution in [3.05, 3.63) is 44.3 Å². The average Bonchev–Trinajstić information content (AvgIpc) is 2.94. The molecule has 0 bridgehead atoms. The molecule has 1 N–H and O–H groups in total. The number of hydrogen-bond acceptors (Lipinski definition) is 4. The molecule has 0 saturated heterocycles. The van der Waals surface area contributed by atoms with E-state index in [4.69, 9.17) is 9.72 Å². The third-order valence-corrected chi connectivity index (χ3v) is 4.71. The smallest absolute Gasteiger partial charge is 0.124 e. The van der Waals surface area contributed by atoms with Crippen LogP contribution in [-0.4, -0.2) is 18.6 Å². The van der Waals surface area contributed by atoms with Crippen molar-refractivity contribution < 1.29 is 4.74 Å². The van der Waals surface area contributed by atoms with E-state index in [1.54, 1.807) is 18.4 Å². The zero-order valence-electron chi connectivity index (χ0n) is 12.8. The van der Waals surface area contributed by atoms with Crippen LogP contribution in [-0.2, 0) is 0 Å². The van der Waals surface area contributed by atoms with E-state index in [1.807, 2.05) is 12.1 Å². The molecule has 0 amide bonds. The van der Waals surface area contributed by atoms with Crippen LogP contribution in [0.15, 0.2) is 28.1 Å². The van der Waals surface area contributed by atoms with E-state index in [-0.39, 0.29) is 6.04 Å². The predicted octanol–water partition coefficient (Wildman–Crippen LogP) is 4.74. The molecule has 2 rings (SSSR count). The molecule has 0 radical (unpaired) electrons. The molecule has 0 saturated carbocycles. The Balaban J connectivity index is 2.44. The lowest BCUT2D eigenvalue weighted by molar-refractivity contribution is 0.404. The molecule has 1 atom stereocenters. The Kier molecular flexibility index (Phi) is 5.79. The molecular formula is C16H21BrN2OS. The van der Waals surface area contributed by atoms with E-state index >= 15 is 0 Å². The van der Waals surface area contributed by atoms with Crippen molar-refractivity contribution in [2.75, 3.05) is 13.7 Å². The van der Waals surface area contributed by atoms with Gasteiger partial charge in [-0.05, 0) is 30.7 Å². The van der Waals surface area contributed by atoms with Crippen LogP contribution in [0, 0.1) is 0 Å². The third-order valence-electron chi connectivity index (χ3n) is 3.29. The van der Waals surface area contributed by atoms with Crippen LogP contribution in [0.1, 0.15) is 49.0 Å². The molecule has 0 aliphatic rings. The molecular weight excluding hydrogens is 348 g/mol. The van der Waals surface area contributed by atoms with Gasteiger partial charge in [0.2, 0.25) is 0 Å². The Morgan fingerprint density at radius 1 is 1.38 bits per heavy atom. The van der Waals surface area contributed by atoms with Gasteiger partial charge in [0, 0.05) is 15.4 Å². The second-order valence-corrected chi connectivity index (χ2v) is 6.95. The topological polar surface area (TPSA) is 34.2 Å². The van der Waals surface area contributed by atoms with Crippen molar-refractivity contribution in [3.63, 3.8) is 0 Å². The number of methoxy groups -OCH3 is 1. The molecule has 114 valence electrons. The van der Waals surface area contributed by atoms with Crippen molar-refractivity contribution in [2.24, 2.45) is 0 Å². The maximum Gasteiger partial charge on any atom is 0.124 e. The molecule has 0 spiro atoms. The molecule has 1 unspecified atom stereocenters. The highest BCUT2D eigenvalue weighted by Gasteiger charge is 2.21. The number of hydrogen-bond donors (Lipinski definition) is 1. The van der Waals surface area contributed by atoms with E-state index < -0.39 is 0 Å². The van der Waals surface area contributed by atoms with Crippen LogP contribution in [0.3, 0.4) is 0 Å². The van der Waals surface area contributed by atoms with Crippen molar-refractivity contribution >= 4 is 27.3 Å². The van der Waals surface area contributed by atoms with Gasteiger partial charge in [-0.1, -0.05) is 36.7 Å². The molecule has 1 aromatic carbocycles.